The van der Waals surface area contributed by atoms with Gasteiger partial charge in [-0.15, -0.1) is 0 Å². The molecule has 0 amide bonds. The molecule has 0 bridgehead atoms. The predicted octanol–water partition coefficient (Wildman–Crippen LogP) is 1.24. The van der Waals surface area contributed by atoms with Crippen LogP contribution in [0.1, 0.15) is 18.5 Å². The van der Waals surface area contributed by atoms with Gasteiger partial charge in [0.2, 0.25) is 10.0 Å². The second-order valence-corrected chi connectivity index (χ2v) is 6.60. The average molecular weight is 286 g/mol. The maximum atomic E-state index is 11.5. The van der Waals surface area contributed by atoms with Crippen molar-refractivity contribution >= 4 is 10.0 Å². The summed E-state index contributed by atoms with van der Waals surface area (Å²) in [6, 6.07) is 7.64. The third kappa shape index (κ3) is 4.81. The van der Waals surface area contributed by atoms with E-state index in [9.17, 15) is 8.42 Å². The summed E-state index contributed by atoms with van der Waals surface area (Å²) in [6.45, 7) is 1.98. The standard InChI is InChI=1S/C13H22N2O3S/c1-5-19(16,17)14-10-13(15(2)3)11-6-8-12(18-4)9-7-11/h6-9,13-14H,5,10H2,1-4H3. The van der Waals surface area contributed by atoms with Crippen molar-refractivity contribution in [1.29, 1.82) is 0 Å². The molecule has 1 atom stereocenters. The molecule has 0 saturated heterocycles. The lowest BCUT2D eigenvalue weighted by Gasteiger charge is -2.25. The van der Waals surface area contributed by atoms with Gasteiger partial charge in [-0.3, -0.25) is 0 Å². The number of benzene rings is 1. The van der Waals surface area contributed by atoms with Crippen LogP contribution in [0.5, 0.6) is 5.75 Å². The van der Waals surface area contributed by atoms with Gasteiger partial charge in [-0.25, -0.2) is 13.1 Å². The number of sulfonamides is 1. The fourth-order valence-electron chi connectivity index (χ4n) is 1.73. The maximum Gasteiger partial charge on any atom is 0.211 e. The molecular weight excluding hydrogens is 264 g/mol. The molecule has 1 rings (SSSR count). The Hall–Kier alpha value is -1.11. The SMILES string of the molecule is CCS(=O)(=O)NCC(c1ccc(OC)cc1)N(C)C. The van der Waals surface area contributed by atoms with E-state index in [2.05, 4.69) is 4.72 Å². The van der Waals surface area contributed by atoms with E-state index in [1.807, 2.05) is 43.3 Å². The first-order valence-corrected chi connectivity index (χ1v) is 7.82. The maximum absolute atomic E-state index is 11.5. The first-order valence-electron chi connectivity index (χ1n) is 6.17. The molecule has 0 spiro atoms. The van der Waals surface area contributed by atoms with E-state index >= 15 is 0 Å². The Morgan fingerprint density at radius 3 is 2.26 bits per heavy atom. The highest BCUT2D eigenvalue weighted by atomic mass is 32.2. The average Bonchev–Trinajstić information content (AvgIpc) is 2.39. The van der Waals surface area contributed by atoms with Gasteiger partial charge in [0, 0.05) is 12.6 Å². The molecule has 0 aliphatic carbocycles. The first kappa shape index (κ1) is 15.9. The van der Waals surface area contributed by atoms with Crippen LogP contribution in [-0.4, -0.2) is 46.8 Å². The van der Waals surface area contributed by atoms with Crippen LogP contribution in [0.25, 0.3) is 0 Å². The molecule has 19 heavy (non-hydrogen) atoms. The van der Waals surface area contributed by atoms with Crippen molar-refractivity contribution in [2.24, 2.45) is 0 Å². The normalized spacial score (nSPS) is 13.5. The monoisotopic (exact) mass is 286 g/mol. The fourth-order valence-corrected chi connectivity index (χ4v) is 2.35. The summed E-state index contributed by atoms with van der Waals surface area (Å²) in [6.07, 6.45) is 0. The van der Waals surface area contributed by atoms with Crippen molar-refractivity contribution < 1.29 is 13.2 Å². The summed E-state index contributed by atoms with van der Waals surface area (Å²) in [5.74, 6) is 0.880. The molecule has 6 heteroatoms. The Balaban J connectivity index is 2.82. The Bertz CT molecular complexity index is 483. The van der Waals surface area contributed by atoms with Crippen LogP contribution in [0, 0.1) is 0 Å². The zero-order valence-electron chi connectivity index (χ0n) is 11.9. The van der Waals surface area contributed by atoms with Gasteiger partial charge in [0.25, 0.3) is 0 Å². The summed E-state index contributed by atoms with van der Waals surface area (Å²) < 4.78 is 30.7. The number of methoxy groups -OCH3 is 1. The number of rotatable bonds is 7. The summed E-state index contributed by atoms with van der Waals surface area (Å²) in [4.78, 5) is 1.99. The molecule has 1 unspecified atom stereocenters. The van der Waals surface area contributed by atoms with Crippen LogP contribution < -0.4 is 9.46 Å². The zero-order valence-corrected chi connectivity index (χ0v) is 12.7. The van der Waals surface area contributed by atoms with Crippen LogP contribution in [0.2, 0.25) is 0 Å². The van der Waals surface area contributed by atoms with Crippen molar-refractivity contribution in [2.75, 3.05) is 33.5 Å². The molecule has 1 aromatic rings. The summed E-state index contributed by atoms with van der Waals surface area (Å²) in [5.41, 5.74) is 1.05. The molecule has 0 aliphatic heterocycles. The lowest BCUT2D eigenvalue weighted by atomic mass is 10.1. The lowest BCUT2D eigenvalue weighted by Crippen LogP contribution is -2.35. The molecule has 0 aliphatic rings. The van der Waals surface area contributed by atoms with Crippen molar-refractivity contribution in [3.05, 3.63) is 29.8 Å². The Morgan fingerprint density at radius 1 is 1.26 bits per heavy atom. The molecule has 0 radical (unpaired) electrons. The van der Waals surface area contributed by atoms with Crippen molar-refractivity contribution in [3.63, 3.8) is 0 Å². The largest absolute Gasteiger partial charge is 0.497 e. The van der Waals surface area contributed by atoms with E-state index in [-0.39, 0.29) is 11.8 Å². The van der Waals surface area contributed by atoms with E-state index in [0.29, 0.717) is 6.54 Å². The number of likely N-dealkylation sites (N-methyl/N-ethyl adjacent to an activating group) is 1. The van der Waals surface area contributed by atoms with Gasteiger partial charge >= 0.3 is 0 Å². The van der Waals surface area contributed by atoms with Crippen molar-refractivity contribution in [1.82, 2.24) is 9.62 Å². The number of nitrogens with zero attached hydrogens (tertiary/aromatic N) is 1. The van der Waals surface area contributed by atoms with Gasteiger partial charge in [0.15, 0.2) is 0 Å². The van der Waals surface area contributed by atoms with Gasteiger partial charge in [-0.05, 0) is 38.7 Å². The highest BCUT2D eigenvalue weighted by Gasteiger charge is 2.17. The molecule has 0 saturated carbocycles. The molecule has 1 aromatic carbocycles. The van der Waals surface area contributed by atoms with Crippen molar-refractivity contribution in [3.8, 4) is 5.75 Å². The minimum atomic E-state index is -3.17. The van der Waals surface area contributed by atoms with E-state index in [1.165, 1.54) is 0 Å². The van der Waals surface area contributed by atoms with Gasteiger partial charge in [-0.2, -0.15) is 0 Å². The Morgan fingerprint density at radius 2 is 1.84 bits per heavy atom. The Kier molecular flexibility index (Phi) is 5.78. The van der Waals surface area contributed by atoms with Gasteiger partial charge < -0.3 is 9.64 Å². The number of hydrogen-bond donors (Lipinski definition) is 1. The number of nitrogens with one attached hydrogen (secondary N) is 1. The van der Waals surface area contributed by atoms with Crippen LogP contribution in [0.15, 0.2) is 24.3 Å². The smallest absolute Gasteiger partial charge is 0.211 e. The summed E-state index contributed by atoms with van der Waals surface area (Å²) >= 11 is 0. The zero-order chi connectivity index (χ0) is 14.5. The molecular formula is C13H22N2O3S. The van der Waals surface area contributed by atoms with Gasteiger partial charge in [0.1, 0.15) is 5.75 Å². The van der Waals surface area contributed by atoms with Crippen molar-refractivity contribution in [2.45, 2.75) is 13.0 Å². The van der Waals surface area contributed by atoms with E-state index in [0.717, 1.165) is 11.3 Å². The van der Waals surface area contributed by atoms with Crippen LogP contribution in [-0.2, 0) is 10.0 Å². The molecule has 1 N–H and O–H groups in total. The quantitative estimate of drug-likeness (QED) is 0.819. The topological polar surface area (TPSA) is 58.6 Å². The minimum absolute atomic E-state index is 0.00719. The first-order chi connectivity index (χ1) is 8.89. The van der Waals surface area contributed by atoms with E-state index in [4.69, 9.17) is 4.74 Å². The highest BCUT2D eigenvalue weighted by molar-refractivity contribution is 7.89. The number of ether oxygens (including phenoxy) is 1. The molecule has 0 heterocycles. The molecule has 5 nitrogen and oxygen atoms in total. The summed E-state index contributed by atoms with van der Waals surface area (Å²) in [7, 11) is 2.30. The van der Waals surface area contributed by atoms with Crippen LogP contribution in [0.4, 0.5) is 0 Å². The number of hydrogen-bond acceptors (Lipinski definition) is 4. The third-order valence-electron chi connectivity index (χ3n) is 3.00. The lowest BCUT2D eigenvalue weighted by molar-refractivity contribution is 0.299. The highest BCUT2D eigenvalue weighted by Crippen LogP contribution is 2.20. The molecule has 108 valence electrons. The minimum Gasteiger partial charge on any atom is -0.497 e. The van der Waals surface area contributed by atoms with Gasteiger partial charge in [-0.1, -0.05) is 12.1 Å². The predicted molar refractivity (Wildman–Crippen MR) is 76.9 cm³/mol. The summed E-state index contributed by atoms with van der Waals surface area (Å²) in [5, 5.41) is 0. The fraction of sp³-hybridized carbons (Fsp3) is 0.538. The van der Waals surface area contributed by atoms with Crippen LogP contribution >= 0.6 is 0 Å². The second kappa shape index (κ2) is 6.88. The molecule has 0 fully saturated rings. The van der Waals surface area contributed by atoms with E-state index < -0.39 is 10.0 Å². The second-order valence-electron chi connectivity index (χ2n) is 4.50. The van der Waals surface area contributed by atoms with E-state index in [1.54, 1.807) is 14.0 Å². The van der Waals surface area contributed by atoms with Gasteiger partial charge in [0.05, 0.1) is 12.9 Å². The Labute approximate surface area is 115 Å². The third-order valence-corrected chi connectivity index (χ3v) is 4.37. The van der Waals surface area contributed by atoms with Crippen LogP contribution in [0.3, 0.4) is 0 Å². The molecule has 0 aromatic heterocycles.